The Morgan fingerprint density at radius 1 is 1.38 bits per heavy atom. The number of hydrogen-bond donors (Lipinski definition) is 0. The molecule has 0 radical (unpaired) electrons. The average molecular weight is 347 g/mol. The van der Waals surface area contributed by atoms with Crippen molar-refractivity contribution < 1.29 is 9.18 Å². The van der Waals surface area contributed by atoms with Crippen LogP contribution in [0.3, 0.4) is 0 Å². The molecule has 1 aliphatic rings. The zero-order valence-electron chi connectivity index (χ0n) is 14.0. The summed E-state index contributed by atoms with van der Waals surface area (Å²) in [5, 5.41) is 10.7. The molecule has 6 heteroatoms. The first-order chi connectivity index (χ1) is 11.5. The Kier molecular flexibility index (Phi) is 5.23. The molecule has 4 nitrogen and oxygen atoms in total. The van der Waals surface area contributed by atoms with Gasteiger partial charge in [-0.15, -0.1) is 21.5 Å². The molecule has 1 unspecified atom stereocenters. The lowest BCUT2D eigenvalue weighted by Gasteiger charge is -2.31. The monoisotopic (exact) mass is 347 g/mol. The van der Waals surface area contributed by atoms with Crippen LogP contribution in [0.5, 0.6) is 0 Å². The summed E-state index contributed by atoms with van der Waals surface area (Å²) in [5.74, 6) is 0.0636. The second-order valence-electron chi connectivity index (χ2n) is 6.70. The van der Waals surface area contributed by atoms with Crippen LogP contribution in [-0.4, -0.2) is 34.1 Å². The van der Waals surface area contributed by atoms with E-state index in [2.05, 4.69) is 24.0 Å². The number of halogens is 1. The van der Waals surface area contributed by atoms with E-state index in [9.17, 15) is 9.18 Å². The lowest BCUT2D eigenvalue weighted by atomic mass is 9.98. The molecule has 0 spiro atoms. The number of likely N-dealkylation sites (tertiary alicyclic amines) is 1. The van der Waals surface area contributed by atoms with E-state index in [4.69, 9.17) is 0 Å². The first-order valence-electron chi connectivity index (χ1n) is 8.40. The fourth-order valence-electron chi connectivity index (χ4n) is 3.03. The van der Waals surface area contributed by atoms with Crippen molar-refractivity contribution in [3.8, 4) is 0 Å². The molecular weight excluding hydrogens is 325 g/mol. The van der Waals surface area contributed by atoms with Crippen LogP contribution in [0.2, 0.25) is 0 Å². The Hall–Kier alpha value is -1.82. The van der Waals surface area contributed by atoms with Crippen LogP contribution in [0.4, 0.5) is 4.39 Å². The maximum absolute atomic E-state index is 13.9. The average Bonchev–Trinajstić information content (AvgIpc) is 3.02. The first-order valence-corrected chi connectivity index (χ1v) is 9.22. The van der Waals surface area contributed by atoms with Gasteiger partial charge in [0.1, 0.15) is 15.8 Å². The molecular formula is C18H22FN3OS. The van der Waals surface area contributed by atoms with Crippen LogP contribution in [0, 0.1) is 11.7 Å². The molecule has 128 valence electrons. The maximum Gasteiger partial charge on any atom is 0.256 e. The summed E-state index contributed by atoms with van der Waals surface area (Å²) in [4.78, 5) is 14.3. The van der Waals surface area contributed by atoms with E-state index in [1.807, 2.05) is 0 Å². The molecule has 1 saturated heterocycles. The fourth-order valence-corrected chi connectivity index (χ4v) is 4.21. The minimum Gasteiger partial charge on any atom is -0.338 e. The Labute approximate surface area is 145 Å². The van der Waals surface area contributed by atoms with Gasteiger partial charge in [-0.25, -0.2) is 4.39 Å². The Morgan fingerprint density at radius 2 is 2.17 bits per heavy atom. The maximum atomic E-state index is 13.9. The molecule has 1 fully saturated rings. The summed E-state index contributed by atoms with van der Waals surface area (Å²) >= 11 is 1.65. The van der Waals surface area contributed by atoms with E-state index in [1.54, 1.807) is 34.4 Å². The summed E-state index contributed by atoms with van der Waals surface area (Å²) in [5.41, 5.74) is 0.149. The summed E-state index contributed by atoms with van der Waals surface area (Å²) in [6.45, 7) is 5.58. The number of hydrogen-bond acceptors (Lipinski definition) is 4. The standard InChI is InChI=1S/C18H22FN3OS/c1-12(2)10-16-20-21-17(24-16)13-6-5-9-22(11-13)18(23)14-7-3-4-8-15(14)19/h3-4,7-8,12-13H,5-6,9-11H2,1-2H3. The van der Waals surface area contributed by atoms with Crippen LogP contribution in [-0.2, 0) is 6.42 Å². The quantitative estimate of drug-likeness (QED) is 0.843. The summed E-state index contributed by atoms with van der Waals surface area (Å²) in [7, 11) is 0. The summed E-state index contributed by atoms with van der Waals surface area (Å²) in [6, 6.07) is 6.17. The van der Waals surface area contributed by atoms with Crippen LogP contribution in [0.25, 0.3) is 0 Å². The molecule has 0 aliphatic carbocycles. The van der Waals surface area contributed by atoms with E-state index >= 15 is 0 Å². The molecule has 1 amide bonds. The highest BCUT2D eigenvalue weighted by Gasteiger charge is 2.28. The van der Waals surface area contributed by atoms with Crippen LogP contribution in [0.1, 0.15) is 53.0 Å². The van der Waals surface area contributed by atoms with E-state index in [0.717, 1.165) is 29.3 Å². The van der Waals surface area contributed by atoms with Gasteiger partial charge in [0.15, 0.2) is 0 Å². The predicted octanol–water partition coefficient (Wildman–Crippen LogP) is 3.90. The third-order valence-corrected chi connectivity index (χ3v) is 5.34. The molecule has 24 heavy (non-hydrogen) atoms. The van der Waals surface area contributed by atoms with Gasteiger partial charge in [-0.1, -0.05) is 26.0 Å². The van der Waals surface area contributed by atoms with Crippen molar-refractivity contribution in [1.82, 2.24) is 15.1 Å². The molecule has 2 heterocycles. The number of aromatic nitrogens is 2. The number of nitrogens with zero attached hydrogens (tertiary/aromatic N) is 3. The molecule has 0 bridgehead atoms. The topological polar surface area (TPSA) is 46.1 Å². The Balaban J connectivity index is 1.71. The molecule has 3 rings (SSSR count). The molecule has 1 aliphatic heterocycles. The van der Waals surface area contributed by atoms with Gasteiger partial charge in [0.25, 0.3) is 5.91 Å². The molecule has 0 saturated carbocycles. The van der Waals surface area contributed by atoms with E-state index in [-0.39, 0.29) is 17.4 Å². The van der Waals surface area contributed by atoms with E-state index < -0.39 is 5.82 Å². The van der Waals surface area contributed by atoms with Gasteiger partial charge in [0.05, 0.1) is 5.56 Å². The molecule has 1 atom stereocenters. The van der Waals surface area contributed by atoms with Crippen molar-refractivity contribution in [2.75, 3.05) is 13.1 Å². The number of piperidine rings is 1. The van der Waals surface area contributed by atoms with Gasteiger partial charge in [-0.2, -0.15) is 0 Å². The Morgan fingerprint density at radius 3 is 2.92 bits per heavy atom. The lowest BCUT2D eigenvalue weighted by Crippen LogP contribution is -2.39. The number of carbonyl (C=O) groups is 1. The van der Waals surface area contributed by atoms with Crippen molar-refractivity contribution in [3.63, 3.8) is 0 Å². The van der Waals surface area contributed by atoms with Crippen molar-refractivity contribution in [3.05, 3.63) is 45.7 Å². The van der Waals surface area contributed by atoms with Crippen LogP contribution in [0.15, 0.2) is 24.3 Å². The van der Waals surface area contributed by atoms with Gasteiger partial charge < -0.3 is 4.90 Å². The highest BCUT2D eigenvalue weighted by atomic mass is 32.1. The molecule has 1 aromatic carbocycles. The van der Waals surface area contributed by atoms with Gasteiger partial charge in [-0.05, 0) is 30.9 Å². The van der Waals surface area contributed by atoms with Gasteiger partial charge in [-0.3, -0.25) is 4.79 Å². The van der Waals surface area contributed by atoms with Gasteiger partial charge in [0.2, 0.25) is 0 Å². The highest BCUT2D eigenvalue weighted by Crippen LogP contribution is 2.30. The Bertz CT molecular complexity index is 716. The summed E-state index contributed by atoms with van der Waals surface area (Å²) in [6.07, 6.45) is 2.84. The smallest absolute Gasteiger partial charge is 0.256 e. The van der Waals surface area contributed by atoms with Crippen LogP contribution < -0.4 is 0 Å². The predicted molar refractivity (Wildman–Crippen MR) is 92.7 cm³/mol. The zero-order chi connectivity index (χ0) is 17.1. The molecule has 0 N–H and O–H groups in total. The molecule has 1 aromatic heterocycles. The third-order valence-electron chi connectivity index (χ3n) is 4.23. The van der Waals surface area contributed by atoms with E-state index in [0.29, 0.717) is 19.0 Å². The SMILES string of the molecule is CC(C)Cc1nnc(C2CCCN(C(=O)c3ccccc3F)C2)s1. The minimum atomic E-state index is -0.459. The van der Waals surface area contributed by atoms with Gasteiger partial charge >= 0.3 is 0 Å². The highest BCUT2D eigenvalue weighted by molar-refractivity contribution is 7.11. The number of benzene rings is 1. The van der Waals surface area contributed by atoms with Crippen molar-refractivity contribution in [2.24, 2.45) is 5.92 Å². The fraction of sp³-hybridized carbons (Fsp3) is 0.500. The van der Waals surface area contributed by atoms with Crippen molar-refractivity contribution in [1.29, 1.82) is 0 Å². The summed E-state index contributed by atoms with van der Waals surface area (Å²) < 4.78 is 13.9. The second-order valence-corrected chi connectivity index (χ2v) is 7.80. The number of rotatable bonds is 4. The normalized spacial score (nSPS) is 18.2. The number of amides is 1. The minimum absolute atomic E-state index is 0.149. The van der Waals surface area contributed by atoms with E-state index in [1.165, 1.54) is 6.07 Å². The largest absolute Gasteiger partial charge is 0.338 e. The second kappa shape index (κ2) is 7.38. The van der Waals surface area contributed by atoms with Crippen molar-refractivity contribution >= 4 is 17.2 Å². The van der Waals surface area contributed by atoms with Gasteiger partial charge in [0, 0.05) is 25.4 Å². The van der Waals surface area contributed by atoms with Crippen molar-refractivity contribution in [2.45, 2.75) is 39.0 Å². The lowest BCUT2D eigenvalue weighted by molar-refractivity contribution is 0.0702. The first kappa shape index (κ1) is 17.0. The van der Waals surface area contributed by atoms with Crippen LogP contribution >= 0.6 is 11.3 Å². The zero-order valence-corrected chi connectivity index (χ0v) is 14.9. The molecule has 2 aromatic rings. The third kappa shape index (κ3) is 3.80. The number of carbonyl (C=O) groups excluding carboxylic acids is 1.